The Morgan fingerprint density at radius 1 is 1.17 bits per heavy atom. The Balaban J connectivity index is 1.60. The van der Waals surface area contributed by atoms with E-state index in [0.717, 1.165) is 24.3 Å². The van der Waals surface area contributed by atoms with Crippen molar-refractivity contribution in [3.05, 3.63) is 33.8 Å². The maximum Gasteiger partial charge on any atom is 0.261 e. The number of methoxy groups -OCH3 is 2. The average molecular weight is 432 g/mol. The summed E-state index contributed by atoms with van der Waals surface area (Å²) in [5.74, 6) is 0.832. The number of hydrogen-bond acceptors (Lipinski definition) is 8. The van der Waals surface area contributed by atoms with E-state index in [4.69, 9.17) is 9.47 Å². The van der Waals surface area contributed by atoms with Crippen LogP contribution in [0.4, 0.5) is 5.13 Å². The van der Waals surface area contributed by atoms with Crippen molar-refractivity contribution < 1.29 is 14.3 Å². The van der Waals surface area contributed by atoms with Gasteiger partial charge in [-0.25, -0.2) is 4.98 Å². The van der Waals surface area contributed by atoms with Crippen molar-refractivity contribution in [1.29, 1.82) is 0 Å². The third-order valence-electron chi connectivity index (χ3n) is 4.59. The molecule has 0 fully saturated rings. The third-order valence-corrected chi connectivity index (χ3v) is 5.49. The highest BCUT2D eigenvalue weighted by atomic mass is 32.1. The van der Waals surface area contributed by atoms with Gasteiger partial charge in [-0.2, -0.15) is 0 Å². The summed E-state index contributed by atoms with van der Waals surface area (Å²) in [4.78, 5) is 29.3. The van der Waals surface area contributed by atoms with Crippen LogP contribution in [-0.2, 0) is 17.8 Å². The SMILES string of the molecule is CCCCc1nnc(NC(=O)CCCn2cnc3cc(OC)c(OC)cc3c2=O)s1. The van der Waals surface area contributed by atoms with E-state index in [2.05, 4.69) is 27.4 Å². The van der Waals surface area contributed by atoms with Crippen molar-refractivity contribution in [2.75, 3.05) is 19.5 Å². The molecule has 3 aromatic rings. The zero-order valence-corrected chi connectivity index (χ0v) is 18.1. The summed E-state index contributed by atoms with van der Waals surface area (Å²) in [5.41, 5.74) is 0.341. The number of aryl methyl sites for hydroxylation is 2. The molecule has 0 bridgehead atoms. The van der Waals surface area contributed by atoms with Gasteiger partial charge in [-0.3, -0.25) is 14.2 Å². The molecule has 0 unspecified atom stereocenters. The van der Waals surface area contributed by atoms with Gasteiger partial charge in [-0.1, -0.05) is 24.7 Å². The lowest BCUT2D eigenvalue weighted by Crippen LogP contribution is -2.22. The lowest BCUT2D eigenvalue weighted by molar-refractivity contribution is -0.116. The highest BCUT2D eigenvalue weighted by Gasteiger charge is 2.12. The summed E-state index contributed by atoms with van der Waals surface area (Å²) in [5, 5.41) is 12.7. The van der Waals surface area contributed by atoms with Crippen molar-refractivity contribution in [3.8, 4) is 11.5 Å². The molecule has 1 amide bonds. The summed E-state index contributed by atoms with van der Waals surface area (Å²) in [6.45, 7) is 2.49. The molecule has 0 aliphatic rings. The molecule has 9 nitrogen and oxygen atoms in total. The van der Waals surface area contributed by atoms with Crippen LogP contribution in [0, 0.1) is 0 Å². The summed E-state index contributed by atoms with van der Waals surface area (Å²) < 4.78 is 12.0. The van der Waals surface area contributed by atoms with Crippen LogP contribution in [0.5, 0.6) is 11.5 Å². The van der Waals surface area contributed by atoms with Crippen LogP contribution in [0.2, 0.25) is 0 Å². The molecule has 0 atom stereocenters. The maximum absolute atomic E-state index is 12.8. The predicted molar refractivity (Wildman–Crippen MR) is 115 cm³/mol. The van der Waals surface area contributed by atoms with Gasteiger partial charge in [0.2, 0.25) is 11.0 Å². The molecule has 0 saturated heterocycles. The van der Waals surface area contributed by atoms with Gasteiger partial charge in [-0.15, -0.1) is 10.2 Å². The van der Waals surface area contributed by atoms with Crippen LogP contribution in [0.15, 0.2) is 23.3 Å². The van der Waals surface area contributed by atoms with Gasteiger partial charge in [0, 0.05) is 25.5 Å². The summed E-state index contributed by atoms with van der Waals surface area (Å²) >= 11 is 1.40. The van der Waals surface area contributed by atoms with Crippen molar-refractivity contribution in [1.82, 2.24) is 19.7 Å². The Morgan fingerprint density at radius 2 is 1.93 bits per heavy atom. The number of amides is 1. The number of rotatable bonds is 10. The maximum atomic E-state index is 12.8. The van der Waals surface area contributed by atoms with Crippen LogP contribution < -0.4 is 20.3 Å². The minimum Gasteiger partial charge on any atom is -0.493 e. The average Bonchev–Trinajstić information content (AvgIpc) is 3.20. The number of anilines is 1. The molecule has 10 heteroatoms. The first-order valence-electron chi connectivity index (χ1n) is 9.79. The van der Waals surface area contributed by atoms with Crippen LogP contribution in [0.3, 0.4) is 0 Å². The number of benzene rings is 1. The van der Waals surface area contributed by atoms with Crippen LogP contribution in [-0.4, -0.2) is 39.9 Å². The van der Waals surface area contributed by atoms with Gasteiger partial charge in [0.15, 0.2) is 11.5 Å². The second-order valence-corrected chi connectivity index (χ2v) is 7.79. The zero-order valence-electron chi connectivity index (χ0n) is 17.3. The van der Waals surface area contributed by atoms with Crippen molar-refractivity contribution in [3.63, 3.8) is 0 Å². The third kappa shape index (κ3) is 5.12. The highest BCUT2D eigenvalue weighted by molar-refractivity contribution is 7.15. The fraction of sp³-hybridized carbons (Fsp3) is 0.450. The minimum absolute atomic E-state index is 0.151. The number of hydrogen-bond donors (Lipinski definition) is 1. The lowest BCUT2D eigenvalue weighted by Gasteiger charge is -2.10. The Labute approximate surface area is 178 Å². The number of ether oxygens (including phenoxy) is 2. The molecule has 1 N–H and O–H groups in total. The van der Waals surface area contributed by atoms with Gasteiger partial charge >= 0.3 is 0 Å². The molecule has 0 aliphatic carbocycles. The van der Waals surface area contributed by atoms with Gasteiger partial charge in [0.25, 0.3) is 5.56 Å². The number of aromatic nitrogens is 4. The molecular weight excluding hydrogens is 406 g/mol. The molecule has 2 heterocycles. The summed E-state index contributed by atoms with van der Waals surface area (Å²) in [6, 6.07) is 3.29. The van der Waals surface area contributed by atoms with Crippen molar-refractivity contribution >= 4 is 33.3 Å². The van der Waals surface area contributed by atoms with E-state index < -0.39 is 0 Å². The van der Waals surface area contributed by atoms with Crippen LogP contribution in [0.25, 0.3) is 10.9 Å². The van der Waals surface area contributed by atoms with Gasteiger partial charge < -0.3 is 14.8 Å². The Kier molecular flexibility index (Phi) is 7.34. The van der Waals surface area contributed by atoms with Crippen LogP contribution in [0.1, 0.15) is 37.6 Å². The molecule has 0 spiro atoms. The second kappa shape index (κ2) is 10.1. The number of nitrogens with zero attached hydrogens (tertiary/aromatic N) is 4. The molecule has 1 aromatic carbocycles. The lowest BCUT2D eigenvalue weighted by atomic mass is 10.2. The number of carbonyl (C=O) groups excluding carboxylic acids is 1. The smallest absolute Gasteiger partial charge is 0.261 e. The first kappa shape index (κ1) is 21.7. The summed E-state index contributed by atoms with van der Waals surface area (Å²) in [6.07, 6.45) is 5.26. The summed E-state index contributed by atoms with van der Waals surface area (Å²) in [7, 11) is 3.05. The predicted octanol–water partition coefficient (Wildman–Crippen LogP) is 3.03. The monoisotopic (exact) mass is 431 g/mol. The van der Waals surface area contributed by atoms with E-state index in [1.165, 1.54) is 36.5 Å². The minimum atomic E-state index is -0.189. The number of fused-ring (bicyclic) bond motifs is 1. The highest BCUT2D eigenvalue weighted by Crippen LogP contribution is 2.29. The topological polar surface area (TPSA) is 108 Å². The van der Waals surface area contributed by atoms with Crippen molar-refractivity contribution in [2.24, 2.45) is 0 Å². The van der Waals surface area contributed by atoms with Crippen LogP contribution >= 0.6 is 11.3 Å². The number of carbonyl (C=O) groups is 1. The molecule has 2 aromatic heterocycles. The van der Waals surface area contributed by atoms with Gasteiger partial charge in [0.1, 0.15) is 5.01 Å². The molecule has 0 radical (unpaired) electrons. The normalized spacial score (nSPS) is 10.9. The number of unbranched alkanes of at least 4 members (excludes halogenated alkanes) is 1. The Morgan fingerprint density at radius 3 is 2.67 bits per heavy atom. The van der Waals surface area contributed by atoms with Gasteiger partial charge in [-0.05, 0) is 18.9 Å². The largest absolute Gasteiger partial charge is 0.493 e. The number of nitrogens with one attached hydrogen (secondary N) is 1. The van der Waals surface area contributed by atoms with E-state index >= 15 is 0 Å². The Hall–Kier alpha value is -3.01. The van der Waals surface area contributed by atoms with Crippen molar-refractivity contribution in [2.45, 2.75) is 45.6 Å². The Bertz CT molecular complexity index is 1080. The fourth-order valence-corrected chi connectivity index (χ4v) is 3.77. The van der Waals surface area contributed by atoms with E-state index in [0.29, 0.717) is 40.5 Å². The second-order valence-electron chi connectivity index (χ2n) is 6.72. The molecule has 30 heavy (non-hydrogen) atoms. The van der Waals surface area contributed by atoms with E-state index in [9.17, 15) is 9.59 Å². The molecule has 0 saturated carbocycles. The van der Waals surface area contributed by atoms with E-state index in [1.54, 1.807) is 12.1 Å². The zero-order chi connectivity index (χ0) is 21.5. The van der Waals surface area contributed by atoms with E-state index in [1.807, 2.05) is 0 Å². The molecule has 3 rings (SSSR count). The molecular formula is C20H25N5O4S. The molecule has 0 aliphatic heterocycles. The van der Waals surface area contributed by atoms with E-state index in [-0.39, 0.29) is 17.9 Å². The standard InChI is InChI=1S/C20H25N5O4S/c1-4-5-8-18-23-24-20(30-18)22-17(26)7-6-9-25-12-21-14-11-16(29-3)15(28-2)10-13(14)19(25)27/h10-12H,4-9H2,1-3H3,(H,22,24,26). The van der Waals surface area contributed by atoms with Gasteiger partial charge in [0.05, 0.1) is 31.4 Å². The first-order chi connectivity index (χ1) is 14.5. The molecule has 160 valence electrons. The fourth-order valence-electron chi connectivity index (χ4n) is 2.97. The quantitative estimate of drug-likeness (QED) is 0.525. The first-order valence-corrected chi connectivity index (χ1v) is 10.6.